The van der Waals surface area contributed by atoms with Crippen LogP contribution in [-0.4, -0.2) is 11.7 Å². The molecule has 88 valence electrons. The standard InChI is InChI=1S/C17H14O/c18-14-17(16-11-5-2-6-12-16)13-7-10-15-8-3-1-4-9-15/h1-6,8-9,11-13,18H,14H2/b17-13+. The van der Waals surface area contributed by atoms with E-state index in [4.69, 9.17) is 0 Å². The SMILES string of the molecule is OC/C(=C\C#Cc1ccccc1)c1ccccc1. The van der Waals surface area contributed by atoms with Crippen LogP contribution in [0.15, 0.2) is 66.7 Å². The number of rotatable bonds is 2. The number of hydrogen-bond donors (Lipinski definition) is 1. The quantitative estimate of drug-likeness (QED) is 0.792. The van der Waals surface area contributed by atoms with Gasteiger partial charge in [-0.2, -0.15) is 0 Å². The van der Waals surface area contributed by atoms with Crippen LogP contribution in [0.25, 0.3) is 5.57 Å². The van der Waals surface area contributed by atoms with E-state index in [9.17, 15) is 5.11 Å². The lowest BCUT2D eigenvalue weighted by atomic mass is 10.1. The molecule has 0 saturated heterocycles. The molecule has 0 fully saturated rings. The van der Waals surface area contributed by atoms with Crippen LogP contribution in [0.2, 0.25) is 0 Å². The van der Waals surface area contributed by atoms with Gasteiger partial charge in [0.15, 0.2) is 0 Å². The van der Waals surface area contributed by atoms with Gasteiger partial charge in [-0.1, -0.05) is 60.4 Å². The molecular weight excluding hydrogens is 220 g/mol. The van der Waals surface area contributed by atoms with Gasteiger partial charge in [-0.3, -0.25) is 0 Å². The van der Waals surface area contributed by atoms with E-state index < -0.39 is 0 Å². The molecule has 0 radical (unpaired) electrons. The zero-order valence-electron chi connectivity index (χ0n) is 10.0. The molecule has 1 nitrogen and oxygen atoms in total. The maximum Gasteiger partial charge on any atom is 0.0693 e. The van der Waals surface area contributed by atoms with Crippen LogP contribution in [0, 0.1) is 11.8 Å². The fourth-order valence-corrected chi connectivity index (χ4v) is 1.60. The number of aliphatic hydroxyl groups excluding tert-OH is 1. The lowest BCUT2D eigenvalue weighted by Crippen LogP contribution is -1.89. The van der Waals surface area contributed by atoms with Crippen molar-refractivity contribution in [3.63, 3.8) is 0 Å². The molecule has 0 saturated carbocycles. The number of benzene rings is 2. The Bertz CT molecular complexity index is 571. The van der Waals surface area contributed by atoms with Gasteiger partial charge in [0.25, 0.3) is 0 Å². The minimum absolute atomic E-state index is 0.00647. The summed E-state index contributed by atoms with van der Waals surface area (Å²) in [5, 5.41) is 9.34. The molecule has 18 heavy (non-hydrogen) atoms. The van der Waals surface area contributed by atoms with Crippen LogP contribution >= 0.6 is 0 Å². The molecule has 0 aliphatic rings. The Kier molecular flexibility index (Phi) is 4.35. The van der Waals surface area contributed by atoms with Gasteiger partial charge in [-0.05, 0) is 29.3 Å². The Morgan fingerprint density at radius 2 is 1.56 bits per heavy atom. The highest BCUT2D eigenvalue weighted by molar-refractivity contribution is 5.68. The topological polar surface area (TPSA) is 20.2 Å². The lowest BCUT2D eigenvalue weighted by molar-refractivity contribution is 0.350. The van der Waals surface area contributed by atoms with Crippen molar-refractivity contribution in [2.45, 2.75) is 0 Å². The Hall–Kier alpha value is -2.30. The third-order valence-corrected chi connectivity index (χ3v) is 2.55. The van der Waals surface area contributed by atoms with Crippen LogP contribution in [0.5, 0.6) is 0 Å². The summed E-state index contributed by atoms with van der Waals surface area (Å²) < 4.78 is 0. The Labute approximate surface area is 107 Å². The summed E-state index contributed by atoms with van der Waals surface area (Å²) in [4.78, 5) is 0. The van der Waals surface area contributed by atoms with Crippen molar-refractivity contribution in [1.29, 1.82) is 0 Å². The molecule has 0 spiro atoms. The predicted molar refractivity (Wildman–Crippen MR) is 74.8 cm³/mol. The van der Waals surface area contributed by atoms with E-state index in [2.05, 4.69) is 11.8 Å². The minimum atomic E-state index is -0.00647. The van der Waals surface area contributed by atoms with Gasteiger partial charge in [-0.25, -0.2) is 0 Å². The summed E-state index contributed by atoms with van der Waals surface area (Å²) in [7, 11) is 0. The summed E-state index contributed by atoms with van der Waals surface area (Å²) >= 11 is 0. The number of aliphatic hydroxyl groups is 1. The van der Waals surface area contributed by atoms with Gasteiger partial charge in [-0.15, -0.1) is 0 Å². The first-order valence-electron chi connectivity index (χ1n) is 5.82. The van der Waals surface area contributed by atoms with Crippen LogP contribution in [0.3, 0.4) is 0 Å². The summed E-state index contributed by atoms with van der Waals surface area (Å²) in [5.41, 5.74) is 2.81. The van der Waals surface area contributed by atoms with Crippen molar-refractivity contribution < 1.29 is 5.11 Å². The molecule has 0 bridgehead atoms. The van der Waals surface area contributed by atoms with Crippen LogP contribution < -0.4 is 0 Å². The first kappa shape index (κ1) is 12.2. The fraction of sp³-hybridized carbons (Fsp3) is 0.0588. The Balaban J connectivity index is 2.20. The van der Waals surface area contributed by atoms with Crippen molar-refractivity contribution in [3.05, 3.63) is 77.9 Å². The van der Waals surface area contributed by atoms with E-state index in [1.165, 1.54) is 0 Å². The van der Waals surface area contributed by atoms with E-state index in [-0.39, 0.29) is 6.61 Å². The minimum Gasteiger partial charge on any atom is -0.392 e. The van der Waals surface area contributed by atoms with Gasteiger partial charge < -0.3 is 5.11 Å². The van der Waals surface area contributed by atoms with Gasteiger partial charge >= 0.3 is 0 Å². The molecule has 0 aliphatic heterocycles. The van der Waals surface area contributed by atoms with Gasteiger partial charge in [0, 0.05) is 5.56 Å². The molecule has 2 aromatic carbocycles. The Morgan fingerprint density at radius 1 is 0.944 bits per heavy atom. The molecule has 0 amide bonds. The second-order valence-electron chi connectivity index (χ2n) is 3.83. The van der Waals surface area contributed by atoms with Crippen molar-refractivity contribution >= 4 is 5.57 Å². The van der Waals surface area contributed by atoms with E-state index in [1.54, 1.807) is 6.08 Å². The van der Waals surface area contributed by atoms with Gasteiger partial charge in [0.2, 0.25) is 0 Å². The van der Waals surface area contributed by atoms with Crippen LogP contribution in [-0.2, 0) is 0 Å². The van der Waals surface area contributed by atoms with Crippen molar-refractivity contribution in [3.8, 4) is 11.8 Å². The number of hydrogen-bond acceptors (Lipinski definition) is 1. The van der Waals surface area contributed by atoms with Crippen molar-refractivity contribution in [2.75, 3.05) is 6.61 Å². The highest BCUT2D eigenvalue weighted by Gasteiger charge is 1.96. The molecule has 2 aromatic rings. The molecule has 0 aliphatic carbocycles. The summed E-state index contributed by atoms with van der Waals surface area (Å²) in [5.74, 6) is 6.02. The van der Waals surface area contributed by atoms with E-state index in [0.717, 1.165) is 16.7 Å². The average Bonchev–Trinajstić information content (AvgIpc) is 2.46. The second-order valence-corrected chi connectivity index (χ2v) is 3.83. The smallest absolute Gasteiger partial charge is 0.0693 e. The molecule has 0 atom stereocenters. The molecule has 0 aromatic heterocycles. The highest BCUT2D eigenvalue weighted by Crippen LogP contribution is 2.12. The van der Waals surface area contributed by atoms with Crippen molar-refractivity contribution in [1.82, 2.24) is 0 Å². The molecular formula is C17H14O. The zero-order chi connectivity index (χ0) is 12.6. The normalized spacial score (nSPS) is 10.6. The fourth-order valence-electron chi connectivity index (χ4n) is 1.60. The molecule has 0 unspecified atom stereocenters. The van der Waals surface area contributed by atoms with E-state index >= 15 is 0 Å². The molecule has 0 heterocycles. The zero-order valence-corrected chi connectivity index (χ0v) is 10.0. The first-order chi connectivity index (χ1) is 8.90. The summed E-state index contributed by atoms with van der Waals surface area (Å²) in [6.45, 7) is -0.00647. The summed E-state index contributed by atoms with van der Waals surface area (Å²) in [6.07, 6.45) is 1.77. The summed E-state index contributed by atoms with van der Waals surface area (Å²) in [6, 6.07) is 19.6. The van der Waals surface area contributed by atoms with E-state index in [0.29, 0.717) is 0 Å². The predicted octanol–water partition coefficient (Wildman–Crippen LogP) is 3.11. The van der Waals surface area contributed by atoms with Crippen LogP contribution in [0.4, 0.5) is 0 Å². The largest absolute Gasteiger partial charge is 0.392 e. The maximum absolute atomic E-state index is 9.34. The van der Waals surface area contributed by atoms with Gasteiger partial charge in [0.05, 0.1) is 6.61 Å². The Morgan fingerprint density at radius 3 is 2.17 bits per heavy atom. The van der Waals surface area contributed by atoms with E-state index in [1.807, 2.05) is 60.7 Å². The van der Waals surface area contributed by atoms with Crippen molar-refractivity contribution in [2.24, 2.45) is 0 Å². The third-order valence-electron chi connectivity index (χ3n) is 2.55. The highest BCUT2D eigenvalue weighted by atomic mass is 16.3. The maximum atomic E-state index is 9.34. The number of allylic oxidation sites excluding steroid dienone is 1. The molecule has 1 N–H and O–H groups in total. The average molecular weight is 234 g/mol. The van der Waals surface area contributed by atoms with Gasteiger partial charge in [0.1, 0.15) is 0 Å². The first-order valence-corrected chi connectivity index (χ1v) is 5.82. The molecule has 2 rings (SSSR count). The monoisotopic (exact) mass is 234 g/mol. The van der Waals surface area contributed by atoms with Crippen LogP contribution in [0.1, 0.15) is 11.1 Å². The lowest BCUT2D eigenvalue weighted by Gasteiger charge is -2.01. The molecule has 1 heteroatoms. The third kappa shape index (κ3) is 3.35. The second kappa shape index (κ2) is 6.44.